The molecular weight excluding hydrogens is 440 g/mol. The second-order valence-corrected chi connectivity index (χ2v) is 6.68. The summed E-state index contributed by atoms with van der Waals surface area (Å²) in [6.45, 7) is 0. The first-order valence-corrected chi connectivity index (χ1v) is 8.56. The molecule has 23 heavy (non-hydrogen) atoms. The molecule has 3 aromatic rings. The number of nitrogens with zero attached hydrogens (tertiary/aromatic N) is 4. The van der Waals surface area contributed by atoms with Crippen molar-refractivity contribution in [3.8, 4) is 11.4 Å². The average Bonchev–Trinajstić information content (AvgIpc) is 2.99. The number of aromatic nitrogens is 3. The first kappa shape index (κ1) is 16.4. The smallest absolute Gasteiger partial charge is 0.187 e. The van der Waals surface area contributed by atoms with Crippen LogP contribution in [0, 0.1) is 0 Å². The number of halogens is 2. The van der Waals surface area contributed by atoms with E-state index in [2.05, 4.69) is 38.3 Å². The lowest BCUT2D eigenvalue weighted by atomic mass is 10.1. The Hall–Kier alpha value is -1.44. The van der Waals surface area contributed by atoms with Gasteiger partial charge in [0.25, 0.3) is 0 Å². The summed E-state index contributed by atoms with van der Waals surface area (Å²) in [7, 11) is 0. The Bertz CT molecular complexity index is 844. The number of fused-ring (bicyclic) bond motifs is 1. The highest BCUT2D eigenvalue weighted by molar-refractivity contribution is 9.10. The van der Waals surface area contributed by atoms with Gasteiger partial charge in [-0.1, -0.05) is 70.2 Å². The van der Waals surface area contributed by atoms with Gasteiger partial charge in [-0.2, -0.15) is 9.78 Å². The number of thioether (sulfide) groups is 1. The van der Waals surface area contributed by atoms with Gasteiger partial charge in [-0.3, -0.25) is 0 Å². The highest BCUT2D eigenvalue weighted by Crippen LogP contribution is 2.28. The van der Waals surface area contributed by atoms with E-state index in [9.17, 15) is 0 Å². The van der Waals surface area contributed by atoms with E-state index in [1.54, 1.807) is 11.8 Å². The Morgan fingerprint density at radius 1 is 0.913 bits per heavy atom. The maximum atomic E-state index is 4.75. The van der Waals surface area contributed by atoms with Gasteiger partial charge in [-0.25, -0.2) is 0 Å². The minimum atomic E-state index is 0. The fourth-order valence-corrected chi connectivity index (χ4v) is 3.38. The lowest BCUT2D eigenvalue weighted by Gasteiger charge is -2.14. The molecule has 0 amide bonds. The molecule has 2 heterocycles. The summed E-state index contributed by atoms with van der Waals surface area (Å²) in [6.07, 6.45) is 0. The Morgan fingerprint density at radius 3 is 2.39 bits per heavy atom. The van der Waals surface area contributed by atoms with Crippen molar-refractivity contribution < 1.29 is 0 Å². The Balaban J connectivity index is 0.00000156. The van der Waals surface area contributed by atoms with Gasteiger partial charge in [0.1, 0.15) is 0 Å². The molecule has 1 aromatic heterocycles. The number of hydrogen-bond acceptors (Lipinski definition) is 4. The summed E-state index contributed by atoms with van der Waals surface area (Å²) < 4.78 is 2.90. The Kier molecular flexibility index (Phi) is 4.99. The van der Waals surface area contributed by atoms with Crippen molar-refractivity contribution in [1.82, 2.24) is 14.9 Å². The van der Waals surface area contributed by atoms with Crippen LogP contribution in [-0.2, 0) is 0 Å². The summed E-state index contributed by atoms with van der Waals surface area (Å²) in [5.74, 6) is 1.58. The predicted molar refractivity (Wildman–Crippen MR) is 103 cm³/mol. The fraction of sp³-hybridized carbons (Fsp3) is 0.0625. The molecule has 0 fully saturated rings. The van der Waals surface area contributed by atoms with Gasteiger partial charge in [0.2, 0.25) is 5.16 Å². The van der Waals surface area contributed by atoms with Crippen LogP contribution in [0.2, 0.25) is 0 Å². The predicted octanol–water partition coefficient (Wildman–Crippen LogP) is 4.64. The third-order valence-electron chi connectivity index (χ3n) is 3.38. The van der Waals surface area contributed by atoms with Crippen LogP contribution in [0.25, 0.3) is 11.4 Å². The second-order valence-electron chi connectivity index (χ2n) is 4.83. The highest BCUT2D eigenvalue weighted by Gasteiger charge is 2.20. The van der Waals surface area contributed by atoms with Crippen LogP contribution in [0.1, 0.15) is 5.56 Å². The van der Waals surface area contributed by atoms with Crippen molar-refractivity contribution in [3.05, 3.63) is 64.6 Å². The molecule has 0 radical (unpaired) electrons. The van der Waals surface area contributed by atoms with Crippen LogP contribution in [-0.4, -0.2) is 26.3 Å². The molecule has 2 aromatic carbocycles. The summed E-state index contributed by atoms with van der Waals surface area (Å²) in [4.78, 5) is 0. The van der Waals surface area contributed by atoms with Crippen molar-refractivity contribution in [2.24, 2.45) is 5.10 Å². The van der Waals surface area contributed by atoms with Crippen LogP contribution < -0.4 is 0 Å². The molecule has 0 unspecified atom stereocenters. The lowest BCUT2D eigenvalue weighted by molar-refractivity contribution is 0.762. The van der Waals surface area contributed by atoms with Crippen LogP contribution in [0.3, 0.4) is 0 Å². The van der Waals surface area contributed by atoms with Crippen molar-refractivity contribution in [3.63, 3.8) is 0 Å². The molecule has 0 saturated carbocycles. The van der Waals surface area contributed by atoms with Gasteiger partial charge >= 0.3 is 0 Å². The minimum absolute atomic E-state index is 0. The molecule has 0 spiro atoms. The number of rotatable bonds is 2. The largest absolute Gasteiger partial charge is 0.212 e. The standard InChI is InChI=1S/C16H11BrN4S.BrH/c17-13-8-6-11(7-9-13)14-10-22-16-19-18-15(21(16)20-14)12-4-2-1-3-5-12;/h1-9H,10H2;1H. The molecule has 0 atom stereocenters. The van der Waals surface area contributed by atoms with Gasteiger partial charge < -0.3 is 0 Å². The zero-order valence-electron chi connectivity index (χ0n) is 11.9. The molecule has 1 aliphatic heterocycles. The van der Waals surface area contributed by atoms with Crippen LogP contribution in [0.4, 0.5) is 0 Å². The third kappa shape index (κ3) is 3.27. The first-order chi connectivity index (χ1) is 10.8. The molecule has 0 bridgehead atoms. The SMILES string of the molecule is Br.Brc1ccc(C2=Nn3c(nnc3-c3ccccc3)SC2)cc1. The minimum Gasteiger partial charge on any atom is -0.187 e. The van der Waals surface area contributed by atoms with E-state index >= 15 is 0 Å². The average molecular weight is 452 g/mol. The lowest BCUT2D eigenvalue weighted by Crippen LogP contribution is -2.13. The van der Waals surface area contributed by atoms with Gasteiger partial charge in [-0.05, 0) is 17.7 Å². The van der Waals surface area contributed by atoms with Gasteiger partial charge in [0.05, 0.1) is 5.71 Å². The Labute approximate surface area is 156 Å². The quantitative estimate of drug-likeness (QED) is 0.569. The summed E-state index contributed by atoms with van der Waals surface area (Å²) in [5, 5.41) is 14.1. The van der Waals surface area contributed by atoms with E-state index in [1.165, 1.54) is 0 Å². The van der Waals surface area contributed by atoms with Crippen LogP contribution in [0.15, 0.2) is 69.3 Å². The topological polar surface area (TPSA) is 43.1 Å². The van der Waals surface area contributed by atoms with Crippen molar-refractivity contribution in [1.29, 1.82) is 0 Å². The first-order valence-electron chi connectivity index (χ1n) is 6.79. The molecule has 4 rings (SSSR count). The van der Waals surface area contributed by atoms with Gasteiger partial charge in [0.15, 0.2) is 5.82 Å². The summed E-state index contributed by atoms with van der Waals surface area (Å²) in [5.41, 5.74) is 3.17. The van der Waals surface area contributed by atoms with Crippen molar-refractivity contribution in [2.75, 3.05) is 5.75 Å². The number of hydrogen-bond donors (Lipinski definition) is 0. The monoisotopic (exact) mass is 450 g/mol. The van der Waals surface area contributed by atoms with E-state index in [0.29, 0.717) is 0 Å². The maximum absolute atomic E-state index is 4.75. The fourth-order valence-electron chi connectivity index (χ4n) is 2.28. The van der Waals surface area contributed by atoms with E-state index in [-0.39, 0.29) is 17.0 Å². The van der Waals surface area contributed by atoms with Gasteiger partial charge in [0, 0.05) is 15.8 Å². The van der Waals surface area contributed by atoms with Crippen LogP contribution in [0.5, 0.6) is 0 Å². The molecule has 0 N–H and O–H groups in total. The molecule has 0 aliphatic carbocycles. The number of benzene rings is 2. The molecule has 0 saturated heterocycles. The van der Waals surface area contributed by atoms with E-state index in [1.807, 2.05) is 47.1 Å². The second kappa shape index (κ2) is 6.98. The molecule has 116 valence electrons. The molecule has 4 nitrogen and oxygen atoms in total. The highest BCUT2D eigenvalue weighted by atomic mass is 79.9. The maximum Gasteiger partial charge on any atom is 0.212 e. The van der Waals surface area contributed by atoms with Gasteiger partial charge in [-0.15, -0.1) is 27.2 Å². The zero-order valence-corrected chi connectivity index (χ0v) is 16.0. The molecular formula is C16H12Br2N4S. The van der Waals surface area contributed by atoms with Crippen molar-refractivity contribution >= 4 is 50.4 Å². The van der Waals surface area contributed by atoms with E-state index in [4.69, 9.17) is 5.10 Å². The Morgan fingerprint density at radius 2 is 1.65 bits per heavy atom. The molecule has 1 aliphatic rings. The third-order valence-corrected chi connectivity index (χ3v) is 4.84. The van der Waals surface area contributed by atoms with Crippen molar-refractivity contribution in [2.45, 2.75) is 5.16 Å². The molecule has 7 heteroatoms. The normalized spacial score (nSPS) is 13.0. The summed E-state index contributed by atoms with van der Waals surface area (Å²) in [6, 6.07) is 18.2. The summed E-state index contributed by atoms with van der Waals surface area (Å²) >= 11 is 5.12. The van der Waals surface area contributed by atoms with E-state index in [0.717, 1.165) is 38.0 Å². The van der Waals surface area contributed by atoms with E-state index < -0.39 is 0 Å². The zero-order chi connectivity index (χ0) is 14.9. The van der Waals surface area contributed by atoms with Crippen LogP contribution >= 0.6 is 44.7 Å².